The molecule has 0 N–H and O–H groups in total. The van der Waals surface area contributed by atoms with Gasteiger partial charge in [0.15, 0.2) is 5.65 Å². The first-order valence-corrected chi connectivity index (χ1v) is 9.36. The maximum absolute atomic E-state index is 12.8. The molecule has 6 heteroatoms. The molecule has 1 amide bonds. The fraction of sp³-hybridized carbons (Fsp3) is 0.316. The predicted molar refractivity (Wildman–Crippen MR) is 101 cm³/mol. The van der Waals surface area contributed by atoms with Crippen LogP contribution in [-0.2, 0) is 11.3 Å². The van der Waals surface area contributed by atoms with Crippen LogP contribution in [0.1, 0.15) is 19.3 Å². The standard InChI is InChI=1S/C19H19BrN4O/c20-15-8-6-14(7-9-15)18-22-16-5-4-10-21-19(16)24(18)13-17(25)23-11-2-1-3-12-23/h4-10H,1-3,11-13H2. The Morgan fingerprint density at radius 3 is 2.60 bits per heavy atom. The molecule has 1 fully saturated rings. The first kappa shape index (κ1) is 16.3. The minimum atomic E-state index is 0.142. The Morgan fingerprint density at radius 2 is 1.84 bits per heavy atom. The molecule has 0 spiro atoms. The summed E-state index contributed by atoms with van der Waals surface area (Å²) in [4.78, 5) is 23.9. The normalized spacial score (nSPS) is 14.8. The maximum atomic E-state index is 12.8. The van der Waals surface area contributed by atoms with E-state index < -0.39 is 0 Å². The Bertz CT molecular complexity index is 897. The highest BCUT2D eigenvalue weighted by Gasteiger charge is 2.21. The van der Waals surface area contributed by atoms with Gasteiger partial charge in [-0.2, -0.15) is 0 Å². The number of carbonyl (C=O) groups excluding carboxylic acids is 1. The molecular weight excluding hydrogens is 380 g/mol. The van der Waals surface area contributed by atoms with Gasteiger partial charge in [-0.3, -0.25) is 9.36 Å². The lowest BCUT2D eigenvalue weighted by Crippen LogP contribution is -2.37. The zero-order valence-electron chi connectivity index (χ0n) is 13.9. The third-order valence-electron chi connectivity index (χ3n) is 4.61. The average Bonchev–Trinajstić information content (AvgIpc) is 3.02. The van der Waals surface area contributed by atoms with E-state index in [0.29, 0.717) is 0 Å². The molecule has 1 aromatic carbocycles. The molecule has 0 atom stereocenters. The van der Waals surface area contributed by atoms with Crippen molar-refractivity contribution < 1.29 is 4.79 Å². The van der Waals surface area contributed by atoms with Gasteiger partial charge in [-0.05, 0) is 43.5 Å². The second kappa shape index (κ2) is 6.96. The van der Waals surface area contributed by atoms with Crippen molar-refractivity contribution in [3.63, 3.8) is 0 Å². The summed E-state index contributed by atoms with van der Waals surface area (Å²) in [6, 6.07) is 11.8. The van der Waals surface area contributed by atoms with Crippen molar-refractivity contribution in [2.24, 2.45) is 0 Å². The molecule has 0 aliphatic carbocycles. The van der Waals surface area contributed by atoms with Gasteiger partial charge in [-0.15, -0.1) is 0 Å². The molecule has 0 unspecified atom stereocenters. The van der Waals surface area contributed by atoms with E-state index in [1.54, 1.807) is 6.20 Å². The van der Waals surface area contributed by atoms with Crippen LogP contribution in [-0.4, -0.2) is 38.4 Å². The number of rotatable bonds is 3. The quantitative estimate of drug-likeness (QED) is 0.672. The number of hydrogen-bond acceptors (Lipinski definition) is 3. The van der Waals surface area contributed by atoms with Crippen LogP contribution in [0, 0.1) is 0 Å². The number of halogens is 1. The number of hydrogen-bond donors (Lipinski definition) is 0. The zero-order chi connectivity index (χ0) is 17.2. The first-order chi connectivity index (χ1) is 12.2. The van der Waals surface area contributed by atoms with Crippen LogP contribution < -0.4 is 0 Å². The van der Waals surface area contributed by atoms with Gasteiger partial charge in [0.25, 0.3) is 0 Å². The summed E-state index contributed by atoms with van der Waals surface area (Å²) < 4.78 is 2.96. The number of pyridine rings is 1. The zero-order valence-corrected chi connectivity index (χ0v) is 15.4. The van der Waals surface area contributed by atoms with E-state index in [4.69, 9.17) is 4.98 Å². The Labute approximate surface area is 154 Å². The Hall–Kier alpha value is -2.21. The molecule has 25 heavy (non-hydrogen) atoms. The monoisotopic (exact) mass is 398 g/mol. The molecule has 5 nitrogen and oxygen atoms in total. The number of carbonyl (C=O) groups is 1. The second-order valence-corrected chi connectivity index (χ2v) is 7.23. The topological polar surface area (TPSA) is 51.0 Å². The minimum absolute atomic E-state index is 0.142. The summed E-state index contributed by atoms with van der Waals surface area (Å²) in [5.74, 6) is 0.926. The summed E-state index contributed by atoms with van der Waals surface area (Å²) in [5.41, 5.74) is 2.55. The number of likely N-dealkylation sites (tertiary alicyclic amines) is 1. The van der Waals surface area contributed by atoms with Gasteiger partial charge in [0.1, 0.15) is 17.9 Å². The lowest BCUT2D eigenvalue weighted by atomic mass is 10.1. The molecule has 3 heterocycles. The fourth-order valence-corrected chi connectivity index (χ4v) is 3.57. The van der Waals surface area contributed by atoms with Crippen molar-refractivity contribution >= 4 is 33.0 Å². The SMILES string of the molecule is O=C(Cn1c(-c2ccc(Br)cc2)nc2cccnc21)N1CCCCC1. The molecule has 128 valence electrons. The van der Waals surface area contributed by atoms with E-state index in [9.17, 15) is 4.79 Å². The molecule has 1 aliphatic rings. The average molecular weight is 399 g/mol. The van der Waals surface area contributed by atoms with Crippen LogP contribution in [0.15, 0.2) is 47.1 Å². The Morgan fingerprint density at radius 1 is 1.08 bits per heavy atom. The third-order valence-corrected chi connectivity index (χ3v) is 5.14. The summed E-state index contributed by atoms with van der Waals surface area (Å²) in [7, 11) is 0. The number of benzene rings is 1. The summed E-state index contributed by atoms with van der Waals surface area (Å²) in [6.45, 7) is 1.98. The number of imidazole rings is 1. The number of fused-ring (bicyclic) bond motifs is 1. The number of amides is 1. The highest BCUT2D eigenvalue weighted by molar-refractivity contribution is 9.10. The molecule has 0 saturated carbocycles. The minimum Gasteiger partial charge on any atom is -0.341 e. The van der Waals surface area contributed by atoms with Crippen molar-refractivity contribution in [1.82, 2.24) is 19.4 Å². The van der Waals surface area contributed by atoms with Crippen LogP contribution in [0.4, 0.5) is 0 Å². The van der Waals surface area contributed by atoms with Crippen LogP contribution in [0.5, 0.6) is 0 Å². The summed E-state index contributed by atoms with van der Waals surface area (Å²) >= 11 is 3.46. The molecular formula is C19H19BrN4O. The number of piperidine rings is 1. The van der Waals surface area contributed by atoms with Crippen molar-refractivity contribution in [3.8, 4) is 11.4 Å². The fourth-order valence-electron chi connectivity index (χ4n) is 3.31. The first-order valence-electron chi connectivity index (χ1n) is 8.57. The summed E-state index contributed by atoms with van der Waals surface area (Å²) in [6.07, 6.45) is 5.14. The molecule has 4 rings (SSSR count). The number of nitrogens with zero attached hydrogens (tertiary/aromatic N) is 4. The van der Waals surface area contributed by atoms with Crippen LogP contribution >= 0.6 is 15.9 Å². The summed E-state index contributed by atoms with van der Waals surface area (Å²) in [5, 5.41) is 0. The van der Waals surface area contributed by atoms with Crippen LogP contribution in [0.25, 0.3) is 22.6 Å². The maximum Gasteiger partial charge on any atom is 0.242 e. The molecule has 3 aromatic rings. The molecule has 1 saturated heterocycles. The van der Waals surface area contributed by atoms with Crippen molar-refractivity contribution in [1.29, 1.82) is 0 Å². The van der Waals surface area contributed by atoms with Crippen LogP contribution in [0.3, 0.4) is 0 Å². The molecule has 0 radical (unpaired) electrons. The highest BCUT2D eigenvalue weighted by Crippen LogP contribution is 2.25. The van der Waals surface area contributed by atoms with E-state index in [0.717, 1.165) is 53.0 Å². The van der Waals surface area contributed by atoms with E-state index >= 15 is 0 Å². The van der Waals surface area contributed by atoms with Gasteiger partial charge in [0.05, 0.1) is 0 Å². The second-order valence-electron chi connectivity index (χ2n) is 6.32. The largest absolute Gasteiger partial charge is 0.341 e. The molecule has 1 aliphatic heterocycles. The third kappa shape index (κ3) is 3.31. The van der Waals surface area contributed by atoms with Crippen molar-refractivity contribution in [2.75, 3.05) is 13.1 Å². The van der Waals surface area contributed by atoms with Gasteiger partial charge < -0.3 is 4.90 Å². The molecule has 2 aromatic heterocycles. The van der Waals surface area contributed by atoms with Crippen molar-refractivity contribution in [3.05, 3.63) is 47.1 Å². The number of aromatic nitrogens is 3. The van der Waals surface area contributed by atoms with Gasteiger partial charge >= 0.3 is 0 Å². The van der Waals surface area contributed by atoms with E-state index in [2.05, 4.69) is 20.9 Å². The van der Waals surface area contributed by atoms with Crippen molar-refractivity contribution in [2.45, 2.75) is 25.8 Å². The Kier molecular flexibility index (Phi) is 4.53. The van der Waals surface area contributed by atoms with Gasteiger partial charge in [-0.25, -0.2) is 9.97 Å². The van der Waals surface area contributed by atoms with Gasteiger partial charge in [-0.1, -0.05) is 28.1 Å². The smallest absolute Gasteiger partial charge is 0.242 e. The lowest BCUT2D eigenvalue weighted by molar-refractivity contribution is -0.132. The van der Waals surface area contributed by atoms with E-state index in [-0.39, 0.29) is 12.5 Å². The van der Waals surface area contributed by atoms with E-state index in [1.165, 1.54) is 6.42 Å². The van der Waals surface area contributed by atoms with E-state index in [1.807, 2.05) is 45.9 Å². The predicted octanol–water partition coefficient (Wildman–Crippen LogP) is 3.87. The van der Waals surface area contributed by atoms with Gasteiger partial charge in [0, 0.05) is 29.3 Å². The molecule has 0 bridgehead atoms. The van der Waals surface area contributed by atoms with Crippen LogP contribution in [0.2, 0.25) is 0 Å². The highest BCUT2D eigenvalue weighted by atomic mass is 79.9. The Balaban J connectivity index is 1.74. The van der Waals surface area contributed by atoms with Gasteiger partial charge in [0.2, 0.25) is 5.91 Å². The lowest BCUT2D eigenvalue weighted by Gasteiger charge is -2.27.